The first-order valence-corrected chi connectivity index (χ1v) is 8.03. The molecule has 0 radical (unpaired) electrons. The molecule has 0 fully saturated rings. The number of benzene rings is 2. The van der Waals surface area contributed by atoms with Crippen molar-refractivity contribution in [3.63, 3.8) is 0 Å². The van der Waals surface area contributed by atoms with Crippen LogP contribution in [0.5, 0.6) is 0 Å². The average molecular weight is 300 g/mol. The highest BCUT2D eigenvalue weighted by molar-refractivity contribution is 6.03. The molecule has 0 bridgehead atoms. The second kappa shape index (κ2) is 6.57. The summed E-state index contributed by atoms with van der Waals surface area (Å²) in [6, 6.07) is 20.9. The van der Waals surface area contributed by atoms with E-state index in [2.05, 4.69) is 46.4 Å². The molecule has 23 heavy (non-hydrogen) atoms. The van der Waals surface area contributed by atoms with Gasteiger partial charge in [-0.05, 0) is 24.6 Å². The van der Waals surface area contributed by atoms with Crippen LogP contribution in [0.25, 0.3) is 32.9 Å². The van der Waals surface area contributed by atoms with Gasteiger partial charge in [-0.3, -0.25) is 9.97 Å². The lowest BCUT2D eigenvalue weighted by Gasteiger charge is -2.06. The van der Waals surface area contributed by atoms with Crippen molar-refractivity contribution in [1.29, 1.82) is 0 Å². The van der Waals surface area contributed by atoms with Gasteiger partial charge >= 0.3 is 0 Å². The SMILES string of the molecule is CC.Cc1ccc2ccc3cc(-c4ccccc4)cnc3c2n1. The first-order chi connectivity index (χ1) is 11.3. The van der Waals surface area contributed by atoms with Crippen LogP contribution in [0.4, 0.5) is 0 Å². The highest BCUT2D eigenvalue weighted by Crippen LogP contribution is 2.26. The van der Waals surface area contributed by atoms with E-state index in [9.17, 15) is 0 Å². The lowest BCUT2D eigenvalue weighted by Crippen LogP contribution is -1.88. The van der Waals surface area contributed by atoms with E-state index in [1.165, 1.54) is 5.56 Å². The summed E-state index contributed by atoms with van der Waals surface area (Å²) < 4.78 is 0. The van der Waals surface area contributed by atoms with Crippen LogP contribution < -0.4 is 0 Å². The van der Waals surface area contributed by atoms with Gasteiger partial charge in [0.2, 0.25) is 0 Å². The van der Waals surface area contributed by atoms with Gasteiger partial charge in [0.05, 0.1) is 11.0 Å². The lowest BCUT2D eigenvalue weighted by atomic mass is 10.0. The molecule has 114 valence electrons. The third kappa shape index (κ3) is 2.93. The summed E-state index contributed by atoms with van der Waals surface area (Å²) in [5.41, 5.74) is 5.28. The maximum atomic E-state index is 4.66. The molecule has 0 unspecified atom stereocenters. The van der Waals surface area contributed by atoms with Crippen molar-refractivity contribution in [2.45, 2.75) is 20.8 Å². The molecule has 4 aromatic rings. The van der Waals surface area contributed by atoms with Crippen LogP contribution in [-0.4, -0.2) is 9.97 Å². The summed E-state index contributed by atoms with van der Waals surface area (Å²) in [4.78, 5) is 9.31. The van der Waals surface area contributed by atoms with Crippen LogP contribution in [0.15, 0.2) is 66.9 Å². The van der Waals surface area contributed by atoms with E-state index in [1.807, 2.05) is 51.2 Å². The predicted octanol–water partition coefficient (Wildman–Crippen LogP) is 5.78. The van der Waals surface area contributed by atoms with E-state index in [0.717, 1.165) is 33.1 Å². The van der Waals surface area contributed by atoms with E-state index in [1.54, 1.807) is 0 Å². The quantitative estimate of drug-likeness (QED) is 0.416. The Morgan fingerprint density at radius 3 is 2.17 bits per heavy atom. The number of aryl methyl sites for hydroxylation is 1. The van der Waals surface area contributed by atoms with E-state index in [4.69, 9.17) is 0 Å². The van der Waals surface area contributed by atoms with Crippen molar-refractivity contribution in [3.8, 4) is 11.1 Å². The predicted molar refractivity (Wildman–Crippen MR) is 98.6 cm³/mol. The first-order valence-electron chi connectivity index (χ1n) is 8.03. The van der Waals surface area contributed by atoms with Gasteiger partial charge in [-0.1, -0.05) is 62.4 Å². The minimum atomic E-state index is 0.968. The van der Waals surface area contributed by atoms with Crippen LogP contribution >= 0.6 is 0 Å². The van der Waals surface area contributed by atoms with Gasteiger partial charge in [0.1, 0.15) is 0 Å². The molecule has 2 heteroatoms. The molecule has 0 saturated heterocycles. The number of rotatable bonds is 1. The highest BCUT2D eigenvalue weighted by atomic mass is 14.7. The van der Waals surface area contributed by atoms with Crippen LogP contribution in [0.2, 0.25) is 0 Å². The fraction of sp³-hybridized carbons (Fsp3) is 0.143. The number of hydrogen-bond acceptors (Lipinski definition) is 2. The van der Waals surface area contributed by atoms with Gasteiger partial charge in [-0.25, -0.2) is 0 Å². The number of pyridine rings is 2. The molecule has 0 N–H and O–H groups in total. The van der Waals surface area contributed by atoms with Crippen molar-refractivity contribution < 1.29 is 0 Å². The molecule has 0 aliphatic heterocycles. The first kappa shape index (κ1) is 15.2. The van der Waals surface area contributed by atoms with Gasteiger partial charge in [0.15, 0.2) is 0 Å². The van der Waals surface area contributed by atoms with Crippen LogP contribution in [0.1, 0.15) is 19.5 Å². The molecule has 0 spiro atoms. The zero-order valence-corrected chi connectivity index (χ0v) is 13.7. The number of aromatic nitrogens is 2. The minimum Gasteiger partial charge on any atom is -0.253 e. The molecule has 2 heterocycles. The number of hydrogen-bond donors (Lipinski definition) is 0. The molecule has 0 atom stereocenters. The molecule has 2 nitrogen and oxygen atoms in total. The van der Waals surface area contributed by atoms with Gasteiger partial charge in [0.25, 0.3) is 0 Å². The molecule has 0 aliphatic rings. The van der Waals surface area contributed by atoms with Crippen LogP contribution in [0, 0.1) is 6.92 Å². The summed E-state index contributed by atoms with van der Waals surface area (Å²) >= 11 is 0. The maximum absolute atomic E-state index is 4.66. The zero-order chi connectivity index (χ0) is 16.2. The summed E-state index contributed by atoms with van der Waals surface area (Å²) in [5, 5.41) is 2.26. The topological polar surface area (TPSA) is 25.8 Å². The number of nitrogens with zero attached hydrogens (tertiary/aromatic N) is 2. The Balaban J connectivity index is 0.000000753. The van der Waals surface area contributed by atoms with Gasteiger partial charge < -0.3 is 0 Å². The molecule has 0 amide bonds. The van der Waals surface area contributed by atoms with Crippen molar-refractivity contribution in [1.82, 2.24) is 9.97 Å². The summed E-state index contributed by atoms with van der Waals surface area (Å²) in [6.45, 7) is 6.01. The zero-order valence-electron chi connectivity index (χ0n) is 13.7. The smallest absolute Gasteiger partial charge is 0.0967 e. The largest absolute Gasteiger partial charge is 0.253 e. The summed E-state index contributed by atoms with van der Waals surface area (Å²) in [6.07, 6.45) is 1.93. The molecular weight excluding hydrogens is 280 g/mol. The van der Waals surface area contributed by atoms with Crippen molar-refractivity contribution >= 4 is 21.8 Å². The molecule has 2 aromatic heterocycles. The number of fused-ring (bicyclic) bond motifs is 3. The Kier molecular flexibility index (Phi) is 4.33. The lowest BCUT2D eigenvalue weighted by molar-refractivity contribution is 1.25. The molecule has 2 aromatic carbocycles. The Morgan fingerprint density at radius 1 is 0.696 bits per heavy atom. The maximum Gasteiger partial charge on any atom is 0.0967 e. The van der Waals surface area contributed by atoms with E-state index in [0.29, 0.717) is 0 Å². The summed E-state index contributed by atoms with van der Waals surface area (Å²) in [7, 11) is 0. The van der Waals surface area contributed by atoms with Crippen LogP contribution in [-0.2, 0) is 0 Å². The van der Waals surface area contributed by atoms with Crippen molar-refractivity contribution in [2.75, 3.05) is 0 Å². The second-order valence-corrected chi connectivity index (χ2v) is 5.25. The fourth-order valence-corrected chi connectivity index (χ4v) is 2.67. The van der Waals surface area contributed by atoms with Gasteiger partial charge in [-0.2, -0.15) is 0 Å². The molecule has 0 saturated carbocycles. The molecular formula is C21H20N2. The van der Waals surface area contributed by atoms with E-state index >= 15 is 0 Å². The van der Waals surface area contributed by atoms with Crippen molar-refractivity contribution in [3.05, 3.63) is 72.6 Å². The summed E-state index contributed by atoms with van der Waals surface area (Å²) in [5.74, 6) is 0. The third-order valence-electron chi connectivity index (χ3n) is 3.76. The Bertz CT molecular complexity index is 944. The van der Waals surface area contributed by atoms with Gasteiger partial charge in [0, 0.05) is 28.2 Å². The van der Waals surface area contributed by atoms with Crippen molar-refractivity contribution in [2.24, 2.45) is 0 Å². The normalized spacial score (nSPS) is 10.4. The van der Waals surface area contributed by atoms with Crippen LogP contribution in [0.3, 0.4) is 0 Å². The fourth-order valence-electron chi connectivity index (χ4n) is 2.67. The Morgan fingerprint density at radius 2 is 1.39 bits per heavy atom. The standard InChI is InChI=1S/C19H14N2.C2H6/c1-13-7-8-15-9-10-16-11-17(14-5-3-2-4-6-14)12-20-18(16)19(15)21-13;1-2/h2-12H,1H3;1-2H3. The minimum absolute atomic E-state index is 0.968. The Hall–Kier alpha value is -2.74. The third-order valence-corrected chi connectivity index (χ3v) is 3.76. The molecule has 4 rings (SSSR count). The second-order valence-electron chi connectivity index (χ2n) is 5.25. The van der Waals surface area contributed by atoms with E-state index < -0.39 is 0 Å². The van der Waals surface area contributed by atoms with Gasteiger partial charge in [-0.15, -0.1) is 0 Å². The van der Waals surface area contributed by atoms with E-state index in [-0.39, 0.29) is 0 Å². The Labute approximate surface area is 136 Å². The molecule has 0 aliphatic carbocycles. The average Bonchev–Trinajstić information content (AvgIpc) is 2.63. The monoisotopic (exact) mass is 300 g/mol. The highest BCUT2D eigenvalue weighted by Gasteiger charge is 2.05.